The van der Waals surface area contributed by atoms with E-state index in [0.717, 1.165) is 42.6 Å². The summed E-state index contributed by atoms with van der Waals surface area (Å²) in [5, 5.41) is 8.74. The number of hydrogen-bond acceptors (Lipinski definition) is 3. The first kappa shape index (κ1) is 26.6. The molecule has 0 amide bonds. The largest absolute Gasteiger partial charge is 0.481 e. The van der Waals surface area contributed by atoms with Crippen LogP contribution < -0.4 is 0 Å². The van der Waals surface area contributed by atoms with Gasteiger partial charge in [0.15, 0.2) is 5.82 Å². The topological polar surface area (TPSA) is 63.1 Å². The van der Waals surface area contributed by atoms with E-state index in [0.29, 0.717) is 0 Å². The molecule has 0 atom stereocenters. The zero-order valence-electron chi connectivity index (χ0n) is 21.2. The van der Waals surface area contributed by atoms with Gasteiger partial charge in [-0.25, -0.2) is 9.97 Å². The Morgan fingerprint density at radius 3 is 1.71 bits per heavy atom. The molecule has 2 aromatic carbocycles. The third-order valence-electron chi connectivity index (χ3n) is 6.56. The molecule has 4 nitrogen and oxygen atoms in total. The van der Waals surface area contributed by atoms with Crippen molar-refractivity contribution in [2.75, 3.05) is 0 Å². The van der Waals surface area contributed by atoms with Crippen LogP contribution in [0.15, 0.2) is 60.9 Å². The number of rotatable bonds is 16. The molecule has 35 heavy (non-hydrogen) atoms. The van der Waals surface area contributed by atoms with Gasteiger partial charge in [0.05, 0.1) is 0 Å². The summed E-state index contributed by atoms with van der Waals surface area (Å²) in [4.78, 5) is 19.8. The number of aromatic nitrogens is 2. The summed E-state index contributed by atoms with van der Waals surface area (Å²) in [6.07, 6.45) is 18.5. The molecule has 4 heteroatoms. The van der Waals surface area contributed by atoms with E-state index in [1.807, 2.05) is 12.4 Å². The highest BCUT2D eigenvalue weighted by atomic mass is 16.4. The van der Waals surface area contributed by atoms with Crippen molar-refractivity contribution in [3.05, 3.63) is 72.1 Å². The second-order valence-electron chi connectivity index (χ2n) is 9.51. The minimum atomic E-state index is -0.719. The SMILES string of the molecule is CCCCCCCCCCc1cnc(-c2ccc(-c3ccc(CCCCC(=O)O)cc3)cc2)nc1. The van der Waals surface area contributed by atoms with Gasteiger partial charge in [-0.05, 0) is 54.4 Å². The van der Waals surface area contributed by atoms with Gasteiger partial charge in [0.1, 0.15) is 0 Å². The molecule has 0 spiro atoms. The maximum atomic E-state index is 10.6. The van der Waals surface area contributed by atoms with E-state index in [4.69, 9.17) is 5.11 Å². The van der Waals surface area contributed by atoms with Crippen LogP contribution in [0.3, 0.4) is 0 Å². The van der Waals surface area contributed by atoms with Crippen LogP contribution in [0.4, 0.5) is 0 Å². The van der Waals surface area contributed by atoms with Crippen molar-refractivity contribution >= 4 is 5.97 Å². The molecule has 0 fully saturated rings. The smallest absolute Gasteiger partial charge is 0.303 e. The first-order chi connectivity index (χ1) is 17.2. The molecule has 1 N–H and O–H groups in total. The number of carbonyl (C=O) groups is 1. The van der Waals surface area contributed by atoms with E-state index in [2.05, 4.69) is 65.4 Å². The van der Waals surface area contributed by atoms with Crippen molar-refractivity contribution in [1.29, 1.82) is 0 Å². The number of nitrogens with zero attached hydrogens (tertiary/aromatic N) is 2. The minimum Gasteiger partial charge on any atom is -0.481 e. The number of aryl methyl sites for hydroxylation is 2. The van der Waals surface area contributed by atoms with Crippen LogP contribution in [0, 0.1) is 0 Å². The van der Waals surface area contributed by atoms with E-state index in [1.165, 1.54) is 68.1 Å². The maximum absolute atomic E-state index is 10.6. The molecule has 0 saturated carbocycles. The summed E-state index contributed by atoms with van der Waals surface area (Å²) >= 11 is 0. The van der Waals surface area contributed by atoms with Crippen LogP contribution in [0.25, 0.3) is 22.5 Å². The van der Waals surface area contributed by atoms with Crippen molar-refractivity contribution in [2.45, 2.75) is 90.4 Å². The van der Waals surface area contributed by atoms with Crippen LogP contribution in [-0.2, 0) is 17.6 Å². The number of hydrogen-bond donors (Lipinski definition) is 1. The normalized spacial score (nSPS) is 11.0. The number of benzene rings is 2. The van der Waals surface area contributed by atoms with Gasteiger partial charge in [-0.1, -0.05) is 100 Å². The van der Waals surface area contributed by atoms with Gasteiger partial charge in [0.2, 0.25) is 0 Å². The summed E-state index contributed by atoms with van der Waals surface area (Å²) in [5.41, 5.74) is 5.84. The Kier molecular flexibility index (Phi) is 11.5. The summed E-state index contributed by atoms with van der Waals surface area (Å²) < 4.78 is 0. The Labute approximate surface area is 210 Å². The highest BCUT2D eigenvalue weighted by Gasteiger charge is 2.05. The van der Waals surface area contributed by atoms with Gasteiger partial charge in [0.25, 0.3) is 0 Å². The quantitative estimate of drug-likeness (QED) is 0.213. The Hall–Kier alpha value is -3.01. The van der Waals surface area contributed by atoms with E-state index < -0.39 is 5.97 Å². The second-order valence-corrected chi connectivity index (χ2v) is 9.51. The Morgan fingerprint density at radius 1 is 0.629 bits per heavy atom. The summed E-state index contributed by atoms with van der Waals surface area (Å²) in [5.74, 6) is 0.0527. The zero-order valence-corrected chi connectivity index (χ0v) is 21.2. The third-order valence-corrected chi connectivity index (χ3v) is 6.56. The number of carboxylic acids is 1. The fourth-order valence-electron chi connectivity index (χ4n) is 4.38. The van der Waals surface area contributed by atoms with E-state index in [-0.39, 0.29) is 6.42 Å². The van der Waals surface area contributed by atoms with Gasteiger partial charge >= 0.3 is 5.97 Å². The predicted octanol–water partition coefficient (Wildman–Crippen LogP) is 8.29. The van der Waals surface area contributed by atoms with Gasteiger partial charge in [-0.2, -0.15) is 0 Å². The number of aliphatic carboxylic acids is 1. The van der Waals surface area contributed by atoms with Crippen molar-refractivity contribution in [3.8, 4) is 22.5 Å². The highest BCUT2D eigenvalue weighted by Crippen LogP contribution is 2.24. The lowest BCUT2D eigenvalue weighted by Crippen LogP contribution is -1.95. The first-order valence-corrected chi connectivity index (χ1v) is 13.4. The van der Waals surface area contributed by atoms with Crippen molar-refractivity contribution < 1.29 is 9.90 Å². The summed E-state index contributed by atoms with van der Waals surface area (Å²) in [6, 6.07) is 17.0. The standard InChI is InChI=1S/C31H40N2O2/c1-2-3-4-5-6-7-8-9-13-26-23-32-31(33-24-26)29-21-19-28(20-22-29)27-17-15-25(16-18-27)12-10-11-14-30(34)35/h15-24H,2-14H2,1H3,(H,34,35). The van der Waals surface area contributed by atoms with Crippen LogP contribution in [0.2, 0.25) is 0 Å². The van der Waals surface area contributed by atoms with E-state index in [1.54, 1.807) is 0 Å². The molecule has 1 heterocycles. The van der Waals surface area contributed by atoms with Crippen LogP contribution in [0.5, 0.6) is 0 Å². The minimum absolute atomic E-state index is 0.246. The Morgan fingerprint density at radius 2 is 1.11 bits per heavy atom. The Bertz CT molecular complexity index is 996. The van der Waals surface area contributed by atoms with Crippen LogP contribution >= 0.6 is 0 Å². The Balaban J connectivity index is 1.44. The van der Waals surface area contributed by atoms with Gasteiger partial charge < -0.3 is 5.11 Å². The van der Waals surface area contributed by atoms with E-state index >= 15 is 0 Å². The van der Waals surface area contributed by atoms with Gasteiger partial charge in [-0.15, -0.1) is 0 Å². The van der Waals surface area contributed by atoms with Crippen LogP contribution in [-0.4, -0.2) is 21.0 Å². The zero-order chi connectivity index (χ0) is 24.7. The molecular weight excluding hydrogens is 432 g/mol. The second kappa shape index (κ2) is 15.1. The molecule has 0 radical (unpaired) electrons. The number of unbranched alkanes of at least 4 members (excludes halogenated alkanes) is 8. The molecule has 3 rings (SSSR count). The third kappa shape index (κ3) is 9.64. The van der Waals surface area contributed by atoms with Gasteiger partial charge in [-0.3, -0.25) is 4.79 Å². The van der Waals surface area contributed by atoms with Gasteiger partial charge in [0, 0.05) is 24.4 Å². The molecule has 3 aromatic rings. The van der Waals surface area contributed by atoms with E-state index in [9.17, 15) is 4.79 Å². The first-order valence-electron chi connectivity index (χ1n) is 13.4. The molecule has 0 unspecified atom stereocenters. The number of carboxylic acid groups (broad SMARTS) is 1. The molecular formula is C31H40N2O2. The fourth-order valence-corrected chi connectivity index (χ4v) is 4.38. The molecule has 1 aromatic heterocycles. The predicted molar refractivity (Wildman–Crippen MR) is 144 cm³/mol. The molecule has 0 aliphatic heterocycles. The molecule has 0 aliphatic carbocycles. The lowest BCUT2D eigenvalue weighted by atomic mass is 10.0. The monoisotopic (exact) mass is 472 g/mol. The van der Waals surface area contributed by atoms with Crippen LogP contribution in [0.1, 0.15) is 88.7 Å². The molecule has 0 bridgehead atoms. The van der Waals surface area contributed by atoms with Crippen molar-refractivity contribution in [1.82, 2.24) is 9.97 Å². The molecule has 0 saturated heterocycles. The fraction of sp³-hybridized carbons (Fsp3) is 0.452. The lowest BCUT2D eigenvalue weighted by Gasteiger charge is -2.07. The highest BCUT2D eigenvalue weighted by molar-refractivity contribution is 5.68. The average Bonchev–Trinajstić information content (AvgIpc) is 2.89. The average molecular weight is 473 g/mol. The maximum Gasteiger partial charge on any atom is 0.303 e. The summed E-state index contributed by atoms with van der Waals surface area (Å²) in [7, 11) is 0. The van der Waals surface area contributed by atoms with Crippen molar-refractivity contribution in [3.63, 3.8) is 0 Å². The molecule has 0 aliphatic rings. The summed E-state index contributed by atoms with van der Waals surface area (Å²) in [6.45, 7) is 2.26. The molecule has 186 valence electrons. The van der Waals surface area contributed by atoms with Crippen molar-refractivity contribution in [2.24, 2.45) is 0 Å². The lowest BCUT2D eigenvalue weighted by molar-refractivity contribution is -0.137.